The highest BCUT2D eigenvalue weighted by atomic mass is 32.1. The van der Waals surface area contributed by atoms with Crippen molar-refractivity contribution in [1.82, 2.24) is 19.9 Å². The van der Waals surface area contributed by atoms with Gasteiger partial charge in [-0.1, -0.05) is 13.8 Å². The zero-order valence-electron chi connectivity index (χ0n) is 13.9. The molecule has 1 N–H and O–H groups in total. The van der Waals surface area contributed by atoms with Crippen molar-refractivity contribution >= 4 is 23.2 Å². The van der Waals surface area contributed by atoms with Crippen molar-refractivity contribution in [3.8, 4) is 10.8 Å². The van der Waals surface area contributed by atoms with Gasteiger partial charge in [0.05, 0.1) is 12.1 Å². The van der Waals surface area contributed by atoms with Gasteiger partial charge in [0.1, 0.15) is 4.88 Å². The SMILES string of the molecule is Cc1nc(-c2ncccn2)sc1C(=O)N(CCC(=O)O)CC(C)C. The summed E-state index contributed by atoms with van der Waals surface area (Å²) < 4.78 is 0. The minimum atomic E-state index is -0.920. The number of carbonyl (C=O) groups is 2. The van der Waals surface area contributed by atoms with Crippen LogP contribution in [0.1, 0.15) is 35.6 Å². The first-order valence-corrected chi connectivity index (χ1v) is 8.46. The van der Waals surface area contributed by atoms with Gasteiger partial charge in [0.2, 0.25) is 0 Å². The molecule has 0 aliphatic heterocycles. The Morgan fingerprint density at radius 3 is 2.54 bits per heavy atom. The smallest absolute Gasteiger partial charge is 0.305 e. The molecule has 0 bridgehead atoms. The number of carboxylic acids is 1. The van der Waals surface area contributed by atoms with Crippen LogP contribution in [0.4, 0.5) is 0 Å². The van der Waals surface area contributed by atoms with E-state index in [9.17, 15) is 9.59 Å². The van der Waals surface area contributed by atoms with Gasteiger partial charge in [-0.15, -0.1) is 11.3 Å². The van der Waals surface area contributed by atoms with Gasteiger partial charge in [-0.25, -0.2) is 15.0 Å². The van der Waals surface area contributed by atoms with Crippen LogP contribution in [0.15, 0.2) is 18.5 Å². The summed E-state index contributed by atoms with van der Waals surface area (Å²) in [6.45, 7) is 6.43. The number of carboxylic acid groups (broad SMARTS) is 1. The van der Waals surface area contributed by atoms with Gasteiger partial charge < -0.3 is 10.0 Å². The molecule has 0 unspecified atom stereocenters. The molecule has 128 valence electrons. The van der Waals surface area contributed by atoms with E-state index in [0.717, 1.165) is 0 Å². The highest BCUT2D eigenvalue weighted by Crippen LogP contribution is 2.26. The number of aryl methyl sites for hydroxylation is 1. The fraction of sp³-hybridized carbons (Fsp3) is 0.438. The first-order valence-electron chi connectivity index (χ1n) is 7.64. The van der Waals surface area contributed by atoms with Crippen molar-refractivity contribution in [1.29, 1.82) is 0 Å². The predicted molar refractivity (Wildman–Crippen MR) is 90.9 cm³/mol. The quantitative estimate of drug-likeness (QED) is 0.826. The van der Waals surface area contributed by atoms with E-state index in [-0.39, 0.29) is 24.8 Å². The lowest BCUT2D eigenvalue weighted by molar-refractivity contribution is -0.137. The van der Waals surface area contributed by atoms with Gasteiger partial charge in [0.15, 0.2) is 10.8 Å². The van der Waals surface area contributed by atoms with Gasteiger partial charge in [0.25, 0.3) is 5.91 Å². The summed E-state index contributed by atoms with van der Waals surface area (Å²) in [5.74, 6) is -0.392. The van der Waals surface area contributed by atoms with E-state index in [0.29, 0.717) is 27.9 Å². The number of aliphatic carboxylic acids is 1. The molecule has 7 nitrogen and oxygen atoms in total. The van der Waals surface area contributed by atoms with Crippen LogP contribution in [0.5, 0.6) is 0 Å². The van der Waals surface area contributed by atoms with Crippen LogP contribution in [-0.2, 0) is 4.79 Å². The molecule has 2 aromatic heterocycles. The van der Waals surface area contributed by atoms with Gasteiger partial charge in [0, 0.05) is 25.5 Å². The van der Waals surface area contributed by atoms with E-state index < -0.39 is 5.97 Å². The lowest BCUT2D eigenvalue weighted by Gasteiger charge is -2.23. The maximum absolute atomic E-state index is 12.8. The number of hydrogen-bond acceptors (Lipinski definition) is 6. The number of carbonyl (C=O) groups excluding carboxylic acids is 1. The molecule has 0 aliphatic rings. The first-order chi connectivity index (χ1) is 11.4. The van der Waals surface area contributed by atoms with Crippen LogP contribution in [0.2, 0.25) is 0 Å². The van der Waals surface area contributed by atoms with Crippen LogP contribution in [0.3, 0.4) is 0 Å². The largest absolute Gasteiger partial charge is 0.481 e. The second-order valence-electron chi connectivity index (χ2n) is 5.79. The molecular formula is C16H20N4O3S. The Bertz CT molecular complexity index is 715. The maximum atomic E-state index is 12.8. The summed E-state index contributed by atoms with van der Waals surface area (Å²) in [5, 5.41) is 9.47. The molecule has 0 atom stereocenters. The van der Waals surface area contributed by atoms with Gasteiger partial charge in [-0.2, -0.15) is 0 Å². The Morgan fingerprint density at radius 2 is 1.96 bits per heavy atom. The second kappa shape index (κ2) is 7.96. The number of thiazole rings is 1. The van der Waals surface area contributed by atoms with Crippen molar-refractivity contribution in [3.05, 3.63) is 29.0 Å². The second-order valence-corrected chi connectivity index (χ2v) is 6.79. The highest BCUT2D eigenvalue weighted by molar-refractivity contribution is 7.17. The Morgan fingerprint density at radius 1 is 1.29 bits per heavy atom. The molecular weight excluding hydrogens is 328 g/mol. The first kappa shape index (κ1) is 18.0. The van der Waals surface area contributed by atoms with Gasteiger partial charge in [-0.3, -0.25) is 9.59 Å². The molecule has 0 saturated carbocycles. The predicted octanol–water partition coefficient (Wildman–Crippen LogP) is 2.48. The lowest BCUT2D eigenvalue weighted by Crippen LogP contribution is -2.35. The Labute approximate surface area is 144 Å². The molecule has 8 heteroatoms. The van der Waals surface area contributed by atoms with Crippen molar-refractivity contribution in [3.63, 3.8) is 0 Å². The van der Waals surface area contributed by atoms with Gasteiger partial charge >= 0.3 is 5.97 Å². The van der Waals surface area contributed by atoms with Crippen LogP contribution in [0, 0.1) is 12.8 Å². The molecule has 24 heavy (non-hydrogen) atoms. The summed E-state index contributed by atoms with van der Waals surface area (Å²) in [6.07, 6.45) is 3.17. The number of rotatable bonds is 7. The highest BCUT2D eigenvalue weighted by Gasteiger charge is 2.23. The van der Waals surface area contributed by atoms with Crippen molar-refractivity contribution in [2.24, 2.45) is 5.92 Å². The third kappa shape index (κ3) is 4.58. The maximum Gasteiger partial charge on any atom is 0.305 e. The molecule has 2 rings (SSSR count). The van der Waals surface area contributed by atoms with E-state index in [1.165, 1.54) is 11.3 Å². The minimum Gasteiger partial charge on any atom is -0.481 e. The van der Waals surface area contributed by atoms with Crippen molar-refractivity contribution < 1.29 is 14.7 Å². The monoisotopic (exact) mass is 348 g/mol. The Balaban J connectivity index is 2.25. The van der Waals surface area contributed by atoms with E-state index >= 15 is 0 Å². The number of aromatic nitrogens is 3. The van der Waals surface area contributed by atoms with Crippen LogP contribution >= 0.6 is 11.3 Å². The molecule has 0 aliphatic carbocycles. The molecule has 1 amide bonds. The van der Waals surface area contributed by atoms with E-state index in [4.69, 9.17) is 5.11 Å². The van der Waals surface area contributed by atoms with Crippen molar-refractivity contribution in [2.75, 3.05) is 13.1 Å². The molecule has 2 aromatic rings. The standard InChI is InChI=1S/C16H20N4O3S/c1-10(2)9-20(8-5-12(21)22)16(23)13-11(3)19-15(24-13)14-17-6-4-7-18-14/h4,6-7,10H,5,8-9H2,1-3H3,(H,21,22). The van der Waals surface area contributed by atoms with E-state index in [1.54, 1.807) is 30.3 Å². The average Bonchev–Trinajstić information content (AvgIpc) is 2.93. The summed E-state index contributed by atoms with van der Waals surface area (Å²) in [4.78, 5) is 38.4. The average molecular weight is 348 g/mol. The number of nitrogens with zero attached hydrogens (tertiary/aromatic N) is 4. The molecule has 2 heterocycles. The third-order valence-corrected chi connectivity index (χ3v) is 4.36. The molecule has 0 saturated heterocycles. The molecule has 0 aromatic carbocycles. The minimum absolute atomic E-state index is 0.0784. The fourth-order valence-electron chi connectivity index (χ4n) is 2.19. The molecule has 0 fully saturated rings. The van der Waals surface area contributed by atoms with E-state index in [2.05, 4.69) is 15.0 Å². The summed E-state index contributed by atoms with van der Waals surface area (Å²) in [5.41, 5.74) is 0.608. The van der Waals surface area contributed by atoms with E-state index in [1.807, 2.05) is 13.8 Å². The fourth-order valence-corrected chi connectivity index (χ4v) is 3.17. The van der Waals surface area contributed by atoms with Crippen molar-refractivity contribution in [2.45, 2.75) is 27.2 Å². The zero-order valence-corrected chi connectivity index (χ0v) is 14.7. The number of hydrogen-bond donors (Lipinski definition) is 1. The normalized spacial score (nSPS) is 10.8. The van der Waals surface area contributed by atoms with Crippen LogP contribution in [-0.4, -0.2) is 49.9 Å². The molecule has 0 spiro atoms. The lowest BCUT2D eigenvalue weighted by atomic mass is 10.2. The summed E-state index contributed by atoms with van der Waals surface area (Å²) in [6, 6.07) is 1.71. The molecule has 0 radical (unpaired) electrons. The van der Waals surface area contributed by atoms with Crippen LogP contribution in [0.25, 0.3) is 10.8 Å². The summed E-state index contributed by atoms with van der Waals surface area (Å²) in [7, 11) is 0. The summed E-state index contributed by atoms with van der Waals surface area (Å²) >= 11 is 1.24. The third-order valence-electron chi connectivity index (χ3n) is 3.22. The number of amides is 1. The van der Waals surface area contributed by atoms with Crippen LogP contribution < -0.4 is 0 Å². The Hall–Kier alpha value is -2.35. The topological polar surface area (TPSA) is 96.3 Å². The zero-order chi connectivity index (χ0) is 17.7. The Kier molecular flexibility index (Phi) is 5.97. The van der Waals surface area contributed by atoms with Gasteiger partial charge in [-0.05, 0) is 18.9 Å².